The number of aromatic nitrogens is 5. The molecule has 0 radical (unpaired) electrons. The van der Waals surface area contributed by atoms with Gasteiger partial charge < -0.3 is 4.57 Å². The minimum atomic E-state index is 0.601. The van der Waals surface area contributed by atoms with Gasteiger partial charge >= 0.3 is 0 Å². The van der Waals surface area contributed by atoms with E-state index >= 15 is 0 Å². The fourth-order valence-corrected chi connectivity index (χ4v) is 7.47. The third-order valence-electron chi connectivity index (χ3n) is 9.78. The van der Waals surface area contributed by atoms with Crippen LogP contribution in [0, 0.1) is 11.3 Å². The van der Waals surface area contributed by atoms with E-state index < -0.39 is 0 Å². The van der Waals surface area contributed by atoms with Gasteiger partial charge in [-0.2, -0.15) is 5.26 Å². The predicted octanol–water partition coefficient (Wildman–Crippen LogP) is 10.9. The van der Waals surface area contributed by atoms with Crippen molar-refractivity contribution in [2.24, 2.45) is 0 Å². The number of hydrogen-bond donors (Lipinski definition) is 0. The van der Waals surface area contributed by atoms with Gasteiger partial charge in [0.25, 0.3) is 0 Å². The summed E-state index contributed by atoms with van der Waals surface area (Å²) < 4.78 is 4.63. The molecule has 6 aromatic carbocycles. The van der Waals surface area contributed by atoms with Crippen molar-refractivity contribution in [3.05, 3.63) is 175 Å². The van der Waals surface area contributed by atoms with Gasteiger partial charge in [-0.3, -0.25) is 4.57 Å². The maximum Gasteiger partial charge on any atom is 0.160 e. The van der Waals surface area contributed by atoms with Crippen LogP contribution in [0.1, 0.15) is 5.56 Å². The molecule has 242 valence electrons. The molecule has 0 aliphatic heterocycles. The van der Waals surface area contributed by atoms with Crippen molar-refractivity contribution in [3.8, 4) is 51.6 Å². The maximum atomic E-state index is 9.38. The van der Waals surface area contributed by atoms with Crippen LogP contribution >= 0.6 is 0 Å². The lowest BCUT2D eigenvalue weighted by atomic mass is 10.1. The number of nitrogens with zero attached hydrogens (tertiary/aromatic N) is 6. The Morgan fingerprint density at radius 2 is 1.02 bits per heavy atom. The molecule has 52 heavy (non-hydrogen) atoms. The van der Waals surface area contributed by atoms with Gasteiger partial charge in [-0.05, 0) is 66.7 Å². The van der Waals surface area contributed by atoms with Crippen LogP contribution < -0.4 is 0 Å². The molecule has 4 heterocycles. The molecule has 0 spiro atoms. The number of rotatable bonds is 5. The normalized spacial score (nSPS) is 11.4. The van der Waals surface area contributed by atoms with Crippen LogP contribution in [0.25, 0.3) is 89.2 Å². The molecule has 0 atom stereocenters. The van der Waals surface area contributed by atoms with Crippen molar-refractivity contribution in [2.45, 2.75) is 0 Å². The highest BCUT2D eigenvalue weighted by atomic mass is 15.1. The molecule has 0 unspecified atom stereocenters. The van der Waals surface area contributed by atoms with Crippen LogP contribution in [0.2, 0.25) is 0 Å². The summed E-state index contributed by atoms with van der Waals surface area (Å²) in [5.74, 6) is 1.41. The van der Waals surface area contributed by atoms with Gasteiger partial charge in [-0.1, -0.05) is 103 Å². The molecule has 0 saturated carbocycles. The molecular weight excluding hydrogens is 637 g/mol. The molecule has 0 N–H and O–H groups in total. The Kier molecular flexibility index (Phi) is 6.76. The molecule has 0 amide bonds. The summed E-state index contributed by atoms with van der Waals surface area (Å²) in [4.78, 5) is 15.3. The fourth-order valence-electron chi connectivity index (χ4n) is 7.47. The summed E-state index contributed by atoms with van der Waals surface area (Å²) in [5.41, 5.74) is 10.2. The number of hydrogen-bond acceptors (Lipinski definition) is 4. The first-order valence-corrected chi connectivity index (χ1v) is 17.2. The van der Waals surface area contributed by atoms with E-state index in [-0.39, 0.29) is 0 Å². The average molecular weight is 665 g/mol. The smallest absolute Gasteiger partial charge is 0.160 e. The Hall–Kier alpha value is -7.36. The van der Waals surface area contributed by atoms with Crippen molar-refractivity contribution in [1.82, 2.24) is 24.1 Å². The van der Waals surface area contributed by atoms with Gasteiger partial charge in [0.2, 0.25) is 0 Å². The van der Waals surface area contributed by atoms with Crippen molar-refractivity contribution < 1.29 is 0 Å². The first-order valence-electron chi connectivity index (χ1n) is 17.2. The number of fused-ring (bicyclic) bond motifs is 7. The van der Waals surface area contributed by atoms with E-state index in [4.69, 9.17) is 15.0 Å². The summed E-state index contributed by atoms with van der Waals surface area (Å²) in [6, 6.07) is 60.1. The number of benzene rings is 6. The van der Waals surface area contributed by atoms with E-state index in [0.29, 0.717) is 17.1 Å². The zero-order valence-corrected chi connectivity index (χ0v) is 27.8. The van der Waals surface area contributed by atoms with Crippen LogP contribution in [-0.4, -0.2) is 24.1 Å². The lowest BCUT2D eigenvalue weighted by Crippen LogP contribution is -2.01. The largest absolute Gasteiger partial charge is 0.309 e. The molecule has 0 aliphatic rings. The molecular formula is C46H28N6. The van der Waals surface area contributed by atoms with Crippen LogP contribution in [0.15, 0.2) is 170 Å². The topological polar surface area (TPSA) is 72.3 Å². The molecule has 0 bridgehead atoms. The molecule has 4 aromatic heterocycles. The van der Waals surface area contributed by atoms with Gasteiger partial charge in [0.05, 0.1) is 50.8 Å². The minimum absolute atomic E-state index is 0.601. The molecule has 10 aromatic rings. The zero-order valence-electron chi connectivity index (χ0n) is 27.8. The third-order valence-corrected chi connectivity index (χ3v) is 9.78. The number of pyridine rings is 1. The second-order valence-electron chi connectivity index (χ2n) is 12.8. The molecule has 6 heteroatoms. The van der Waals surface area contributed by atoms with Crippen LogP contribution in [0.5, 0.6) is 0 Å². The lowest BCUT2D eigenvalue weighted by Gasteiger charge is -2.11. The summed E-state index contributed by atoms with van der Waals surface area (Å²) in [5, 5.41) is 14.2. The summed E-state index contributed by atoms with van der Waals surface area (Å²) >= 11 is 0. The lowest BCUT2D eigenvalue weighted by molar-refractivity contribution is 1.07. The highest BCUT2D eigenvalue weighted by molar-refractivity contribution is 6.28. The molecule has 0 fully saturated rings. The van der Waals surface area contributed by atoms with Crippen LogP contribution in [-0.2, 0) is 0 Å². The fraction of sp³-hybridized carbons (Fsp3) is 0. The zero-order chi connectivity index (χ0) is 34.6. The Morgan fingerprint density at radius 3 is 1.71 bits per heavy atom. The monoisotopic (exact) mass is 664 g/mol. The van der Waals surface area contributed by atoms with Crippen LogP contribution in [0.3, 0.4) is 0 Å². The van der Waals surface area contributed by atoms with E-state index in [0.717, 1.165) is 50.6 Å². The SMILES string of the molecule is N#Cc1ccc(-c2cc(-c3cccc(-n4c5ccccc5c5c6c7ccccc7n(-c7ccccc7)c6ccc54)n3)nc(-c3ccccc3)n2)cc1. The second kappa shape index (κ2) is 11.9. The Balaban J connectivity index is 1.20. The molecule has 6 nitrogen and oxygen atoms in total. The minimum Gasteiger partial charge on any atom is -0.309 e. The Morgan fingerprint density at radius 1 is 0.423 bits per heavy atom. The summed E-state index contributed by atoms with van der Waals surface area (Å²) in [6.07, 6.45) is 0. The predicted molar refractivity (Wildman–Crippen MR) is 210 cm³/mol. The standard InChI is InChI=1S/C46H28N6/c47-29-30-22-24-31(25-23-30)37-28-38(50-46(49-37)32-12-3-1-4-13-32)36-18-11-21-43(48-36)52-40-20-10-8-17-35(40)45-42(52)27-26-41-44(45)34-16-7-9-19-39(34)51(41)33-14-5-2-6-15-33/h1-28H. The first kappa shape index (κ1) is 29.5. The maximum absolute atomic E-state index is 9.38. The highest BCUT2D eigenvalue weighted by Gasteiger charge is 2.21. The van der Waals surface area contributed by atoms with Crippen LogP contribution in [0.4, 0.5) is 0 Å². The van der Waals surface area contributed by atoms with E-state index in [1.807, 2.05) is 72.8 Å². The quantitative estimate of drug-likeness (QED) is 0.184. The second-order valence-corrected chi connectivity index (χ2v) is 12.8. The van der Waals surface area contributed by atoms with E-state index in [1.54, 1.807) is 0 Å². The average Bonchev–Trinajstić information content (AvgIpc) is 3.74. The molecule has 0 saturated heterocycles. The first-order chi connectivity index (χ1) is 25.7. The van der Waals surface area contributed by atoms with Gasteiger partial charge in [-0.25, -0.2) is 15.0 Å². The Bertz CT molecular complexity index is 3010. The highest BCUT2D eigenvalue weighted by Crippen LogP contribution is 2.42. The van der Waals surface area contributed by atoms with Gasteiger partial charge in [-0.15, -0.1) is 0 Å². The van der Waals surface area contributed by atoms with Gasteiger partial charge in [0.15, 0.2) is 5.82 Å². The van der Waals surface area contributed by atoms with E-state index in [2.05, 4.69) is 112 Å². The van der Waals surface area contributed by atoms with E-state index in [9.17, 15) is 5.26 Å². The summed E-state index contributed by atoms with van der Waals surface area (Å²) in [7, 11) is 0. The summed E-state index contributed by atoms with van der Waals surface area (Å²) in [6.45, 7) is 0. The van der Waals surface area contributed by atoms with Gasteiger partial charge in [0, 0.05) is 38.4 Å². The van der Waals surface area contributed by atoms with Crippen molar-refractivity contribution >= 4 is 43.6 Å². The van der Waals surface area contributed by atoms with Crippen molar-refractivity contribution in [1.29, 1.82) is 5.26 Å². The van der Waals surface area contributed by atoms with Crippen molar-refractivity contribution in [3.63, 3.8) is 0 Å². The number of para-hydroxylation sites is 3. The molecule has 0 aliphatic carbocycles. The van der Waals surface area contributed by atoms with Gasteiger partial charge in [0.1, 0.15) is 5.82 Å². The van der Waals surface area contributed by atoms with Crippen molar-refractivity contribution in [2.75, 3.05) is 0 Å². The Labute approximate surface area is 299 Å². The van der Waals surface area contributed by atoms with E-state index in [1.165, 1.54) is 27.1 Å². The molecule has 10 rings (SSSR count). The third kappa shape index (κ3) is 4.68. The number of nitriles is 1.